The standard InChI is InChI=1S/C18H25NO/c1-19-10-9-18-8-4-3-5-15(18)17(19)11-13-6-7-14(20-2)12-16(13)18/h6-7,12,15,17H,3-5,8-11H2,1-2H3/t15-,17?,18+/m1/s1. The molecule has 2 fully saturated rings. The van der Waals surface area contributed by atoms with Crippen LogP contribution >= 0.6 is 0 Å². The van der Waals surface area contributed by atoms with Crippen LogP contribution in [0.3, 0.4) is 0 Å². The molecule has 108 valence electrons. The molecule has 2 aliphatic carbocycles. The lowest BCUT2D eigenvalue weighted by molar-refractivity contribution is 0.00274. The van der Waals surface area contributed by atoms with Gasteiger partial charge in [0, 0.05) is 11.5 Å². The van der Waals surface area contributed by atoms with Crippen LogP contribution in [-0.4, -0.2) is 31.6 Å². The number of fused-ring (bicyclic) bond motifs is 1. The number of hydrogen-bond acceptors (Lipinski definition) is 2. The highest BCUT2D eigenvalue weighted by molar-refractivity contribution is 5.45. The predicted octanol–water partition coefficient (Wildman–Crippen LogP) is 3.38. The summed E-state index contributed by atoms with van der Waals surface area (Å²) in [4.78, 5) is 2.63. The van der Waals surface area contributed by atoms with Gasteiger partial charge in [-0.3, -0.25) is 0 Å². The zero-order chi connectivity index (χ0) is 13.7. The van der Waals surface area contributed by atoms with Crippen molar-refractivity contribution in [3.63, 3.8) is 0 Å². The second-order valence-corrected chi connectivity index (χ2v) is 7.03. The van der Waals surface area contributed by atoms with Gasteiger partial charge in [0.05, 0.1) is 7.11 Å². The van der Waals surface area contributed by atoms with Gasteiger partial charge in [-0.15, -0.1) is 0 Å². The summed E-state index contributed by atoms with van der Waals surface area (Å²) in [7, 11) is 4.12. The van der Waals surface area contributed by atoms with Crippen LogP contribution in [0.25, 0.3) is 0 Å². The van der Waals surface area contributed by atoms with Gasteiger partial charge in [-0.25, -0.2) is 0 Å². The first-order chi connectivity index (χ1) is 9.74. The molecule has 1 aromatic rings. The summed E-state index contributed by atoms with van der Waals surface area (Å²) >= 11 is 0. The van der Waals surface area contributed by atoms with Crippen molar-refractivity contribution in [3.8, 4) is 5.75 Å². The lowest BCUT2D eigenvalue weighted by Crippen LogP contribution is -2.59. The first kappa shape index (κ1) is 12.7. The summed E-state index contributed by atoms with van der Waals surface area (Å²) in [5.41, 5.74) is 3.67. The van der Waals surface area contributed by atoms with Crippen LogP contribution in [0.4, 0.5) is 0 Å². The second kappa shape index (κ2) is 4.49. The van der Waals surface area contributed by atoms with E-state index in [0.29, 0.717) is 5.41 Å². The number of piperidine rings is 1. The number of hydrogen-bond donors (Lipinski definition) is 0. The molecule has 0 amide bonds. The van der Waals surface area contributed by atoms with Crippen molar-refractivity contribution in [3.05, 3.63) is 29.3 Å². The minimum Gasteiger partial charge on any atom is -0.497 e. The molecule has 1 heterocycles. The molecule has 3 aliphatic rings. The molecular formula is C18H25NO. The van der Waals surface area contributed by atoms with Gasteiger partial charge >= 0.3 is 0 Å². The van der Waals surface area contributed by atoms with Crippen molar-refractivity contribution in [2.75, 3.05) is 20.7 Å². The van der Waals surface area contributed by atoms with E-state index in [1.54, 1.807) is 18.2 Å². The Hall–Kier alpha value is -1.02. The molecule has 0 aromatic heterocycles. The summed E-state index contributed by atoms with van der Waals surface area (Å²) in [6.07, 6.45) is 8.22. The van der Waals surface area contributed by atoms with Crippen molar-refractivity contribution in [2.45, 2.75) is 50.0 Å². The van der Waals surface area contributed by atoms with Crippen LogP contribution in [0.2, 0.25) is 0 Å². The molecule has 4 rings (SSSR count). The number of likely N-dealkylation sites (N-methyl/N-ethyl adjacent to an activating group) is 1. The maximum Gasteiger partial charge on any atom is 0.119 e. The number of benzene rings is 1. The zero-order valence-corrected chi connectivity index (χ0v) is 12.7. The highest BCUT2D eigenvalue weighted by Crippen LogP contribution is 2.55. The Bertz CT molecular complexity index is 526. The molecule has 0 spiro atoms. The molecule has 1 aromatic carbocycles. The average molecular weight is 271 g/mol. The van der Waals surface area contributed by atoms with Crippen LogP contribution in [0.15, 0.2) is 18.2 Å². The molecule has 1 aliphatic heterocycles. The van der Waals surface area contributed by atoms with Crippen molar-refractivity contribution in [1.29, 1.82) is 0 Å². The summed E-state index contributed by atoms with van der Waals surface area (Å²) in [5.74, 6) is 1.91. The van der Waals surface area contributed by atoms with E-state index in [4.69, 9.17) is 4.74 Å². The van der Waals surface area contributed by atoms with Gasteiger partial charge in [0.15, 0.2) is 0 Å². The Labute approximate surface area is 122 Å². The number of likely N-dealkylation sites (tertiary alicyclic amines) is 1. The fourth-order valence-electron chi connectivity index (χ4n) is 5.30. The SMILES string of the molecule is COc1ccc2c(c1)[C@]13CCCC[C@@H]1C(C2)N(C)CC3. The van der Waals surface area contributed by atoms with Gasteiger partial charge in [-0.1, -0.05) is 18.9 Å². The van der Waals surface area contributed by atoms with E-state index >= 15 is 0 Å². The van der Waals surface area contributed by atoms with Crippen LogP contribution in [0.5, 0.6) is 5.75 Å². The van der Waals surface area contributed by atoms with Gasteiger partial charge in [-0.2, -0.15) is 0 Å². The monoisotopic (exact) mass is 271 g/mol. The van der Waals surface area contributed by atoms with Crippen LogP contribution in [-0.2, 0) is 11.8 Å². The molecular weight excluding hydrogens is 246 g/mol. The van der Waals surface area contributed by atoms with Crippen LogP contribution < -0.4 is 4.74 Å². The van der Waals surface area contributed by atoms with Crippen LogP contribution in [0.1, 0.15) is 43.2 Å². The van der Waals surface area contributed by atoms with Crippen molar-refractivity contribution in [1.82, 2.24) is 4.90 Å². The third-order valence-corrected chi connectivity index (χ3v) is 6.32. The van der Waals surface area contributed by atoms with E-state index in [2.05, 4.69) is 30.1 Å². The third kappa shape index (κ3) is 1.60. The quantitative estimate of drug-likeness (QED) is 0.776. The van der Waals surface area contributed by atoms with E-state index < -0.39 is 0 Å². The van der Waals surface area contributed by atoms with Gasteiger partial charge < -0.3 is 9.64 Å². The largest absolute Gasteiger partial charge is 0.497 e. The third-order valence-electron chi connectivity index (χ3n) is 6.32. The zero-order valence-electron chi connectivity index (χ0n) is 12.7. The summed E-state index contributed by atoms with van der Waals surface area (Å²) in [6, 6.07) is 7.60. The Balaban J connectivity index is 1.88. The van der Waals surface area contributed by atoms with Gasteiger partial charge in [-0.05, 0) is 68.5 Å². The minimum absolute atomic E-state index is 0.456. The molecule has 3 atom stereocenters. The predicted molar refractivity (Wildman–Crippen MR) is 81.4 cm³/mol. The van der Waals surface area contributed by atoms with Crippen LogP contribution in [0, 0.1) is 5.92 Å². The smallest absolute Gasteiger partial charge is 0.119 e. The normalized spacial score (nSPS) is 36.1. The topological polar surface area (TPSA) is 12.5 Å². The minimum atomic E-state index is 0.456. The average Bonchev–Trinajstić information content (AvgIpc) is 2.50. The lowest BCUT2D eigenvalue weighted by atomic mass is 9.52. The molecule has 0 radical (unpaired) electrons. The maximum atomic E-state index is 5.51. The first-order valence-electron chi connectivity index (χ1n) is 8.12. The van der Waals surface area contributed by atoms with Gasteiger partial charge in [0.25, 0.3) is 0 Å². The van der Waals surface area contributed by atoms with E-state index in [9.17, 15) is 0 Å². The number of ether oxygens (including phenoxy) is 1. The van der Waals surface area contributed by atoms with Crippen molar-refractivity contribution < 1.29 is 4.74 Å². The Morgan fingerprint density at radius 2 is 2.15 bits per heavy atom. The molecule has 2 nitrogen and oxygen atoms in total. The van der Waals surface area contributed by atoms with E-state index in [1.165, 1.54) is 45.1 Å². The summed E-state index contributed by atoms with van der Waals surface area (Å²) in [5, 5.41) is 0. The highest BCUT2D eigenvalue weighted by atomic mass is 16.5. The van der Waals surface area contributed by atoms with E-state index in [0.717, 1.165) is 17.7 Å². The first-order valence-corrected chi connectivity index (χ1v) is 8.12. The Kier molecular flexibility index (Phi) is 2.85. The van der Waals surface area contributed by atoms with Crippen molar-refractivity contribution in [2.24, 2.45) is 5.92 Å². The maximum absolute atomic E-state index is 5.51. The van der Waals surface area contributed by atoms with Crippen molar-refractivity contribution >= 4 is 0 Å². The number of rotatable bonds is 1. The van der Waals surface area contributed by atoms with E-state index in [1.807, 2.05) is 0 Å². The number of nitrogens with zero attached hydrogens (tertiary/aromatic N) is 1. The molecule has 0 N–H and O–H groups in total. The molecule has 1 saturated heterocycles. The highest BCUT2D eigenvalue weighted by Gasteiger charge is 2.53. The molecule has 20 heavy (non-hydrogen) atoms. The van der Waals surface area contributed by atoms with Gasteiger partial charge in [0.1, 0.15) is 5.75 Å². The summed E-state index contributed by atoms with van der Waals surface area (Å²) < 4.78 is 5.51. The molecule has 2 heteroatoms. The Morgan fingerprint density at radius 1 is 1.25 bits per heavy atom. The fraction of sp³-hybridized carbons (Fsp3) is 0.667. The lowest BCUT2D eigenvalue weighted by Gasteiger charge is -2.58. The Morgan fingerprint density at radius 3 is 3.00 bits per heavy atom. The molecule has 2 bridgehead atoms. The van der Waals surface area contributed by atoms with E-state index in [-0.39, 0.29) is 0 Å². The second-order valence-electron chi connectivity index (χ2n) is 7.03. The van der Waals surface area contributed by atoms with Gasteiger partial charge in [0.2, 0.25) is 0 Å². The summed E-state index contributed by atoms with van der Waals surface area (Å²) in [6.45, 7) is 1.26. The molecule has 1 saturated carbocycles. The number of methoxy groups -OCH3 is 1. The molecule has 1 unspecified atom stereocenters. The fourth-order valence-corrected chi connectivity index (χ4v) is 5.30.